The average Bonchev–Trinajstić information content (AvgIpc) is 2.18. The van der Waals surface area contributed by atoms with Gasteiger partial charge in [-0.2, -0.15) is 13.2 Å². The van der Waals surface area contributed by atoms with Crippen LogP contribution in [0.25, 0.3) is 0 Å². The SMILES string of the molecule is CCN(CC(F)(F)F)C(=O)C1(C(N)=S)CC(C)C1. The van der Waals surface area contributed by atoms with Gasteiger partial charge in [0.2, 0.25) is 5.91 Å². The molecule has 0 aromatic carbocycles. The molecule has 0 aliphatic heterocycles. The molecule has 0 aromatic rings. The van der Waals surface area contributed by atoms with Gasteiger partial charge in [0.25, 0.3) is 0 Å². The van der Waals surface area contributed by atoms with Crippen LogP contribution >= 0.6 is 12.2 Å². The van der Waals surface area contributed by atoms with Crippen LogP contribution in [0.2, 0.25) is 0 Å². The molecular weight excluding hydrogens is 265 g/mol. The Balaban J connectivity index is 2.86. The van der Waals surface area contributed by atoms with E-state index in [1.165, 1.54) is 6.92 Å². The van der Waals surface area contributed by atoms with E-state index in [1.807, 2.05) is 6.92 Å². The molecule has 0 unspecified atom stereocenters. The van der Waals surface area contributed by atoms with Crippen LogP contribution in [0.3, 0.4) is 0 Å². The maximum absolute atomic E-state index is 12.4. The topological polar surface area (TPSA) is 46.3 Å². The number of hydrogen-bond donors (Lipinski definition) is 1. The molecule has 0 radical (unpaired) electrons. The molecule has 104 valence electrons. The minimum Gasteiger partial charge on any atom is -0.392 e. The smallest absolute Gasteiger partial charge is 0.392 e. The van der Waals surface area contributed by atoms with Gasteiger partial charge in [-0.1, -0.05) is 19.1 Å². The highest BCUT2D eigenvalue weighted by molar-refractivity contribution is 7.80. The molecule has 0 saturated heterocycles. The van der Waals surface area contributed by atoms with Crippen molar-refractivity contribution >= 4 is 23.1 Å². The molecule has 3 nitrogen and oxygen atoms in total. The Morgan fingerprint density at radius 2 is 2.00 bits per heavy atom. The first-order valence-corrected chi connectivity index (χ1v) is 6.19. The van der Waals surface area contributed by atoms with Crippen LogP contribution in [-0.4, -0.2) is 35.1 Å². The summed E-state index contributed by atoms with van der Waals surface area (Å²) >= 11 is 4.87. The number of thiocarbonyl (C=S) groups is 1. The molecule has 1 amide bonds. The van der Waals surface area contributed by atoms with Gasteiger partial charge in [-0.3, -0.25) is 4.79 Å². The summed E-state index contributed by atoms with van der Waals surface area (Å²) in [7, 11) is 0. The summed E-state index contributed by atoms with van der Waals surface area (Å²) in [6.45, 7) is 2.18. The van der Waals surface area contributed by atoms with Gasteiger partial charge in [-0.05, 0) is 25.7 Å². The molecule has 0 aromatic heterocycles. The van der Waals surface area contributed by atoms with Crippen molar-refractivity contribution in [1.82, 2.24) is 4.90 Å². The highest BCUT2D eigenvalue weighted by atomic mass is 32.1. The molecule has 0 spiro atoms. The summed E-state index contributed by atoms with van der Waals surface area (Å²) in [5, 5.41) is 0. The van der Waals surface area contributed by atoms with Crippen LogP contribution in [-0.2, 0) is 4.79 Å². The highest BCUT2D eigenvalue weighted by Crippen LogP contribution is 2.47. The standard InChI is InChI=1S/C11H17F3N2OS/c1-3-16(6-11(12,13)14)9(17)10(8(15)18)4-7(2)5-10/h7H,3-6H2,1-2H3,(H2,15,18). The van der Waals surface area contributed by atoms with Crippen molar-refractivity contribution in [2.45, 2.75) is 32.9 Å². The van der Waals surface area contributed by atoms with Gasteiger partial charge >= 0.3 is 6.18 Å². The van der Waals surface area contributed by atoms with Crippen LogP contribution in [0, 0.1) is 11.3 Å². The fourth-order valence-electron chi connectivity index (χ4n) is 2.46. The summed E-state index contributed by atoms with van der Waals surface area (Å²) in [5.74, 6) is -0.326. The molecule has 1 aliphatic rings. The van der Waals surface area contributed by atoms with Crippen LogP contribution in [0.15, 0.2) is 0 Å². The van der Waals surface area contributed by atoms with Crippen molar-refractivity contribution in [2.75, 3.05) is 13.1 Å². The minimum absolute atomic E-state index is 0.00289. The second-order valence-electron chi connectivity index (χ2n) is 4.89. The molecule has 18 heavy (non-hydrogen) atoms. The molecule has 7 heteroatoms. The predicted octanol–water partition coefficient (Wildman–Crippen LogP) is 2.10. The zero-order chi connectivity index (χ0) is 14.1. The zero-order valence-electron chi connectivity index (χ0n) is 10.4. The lowest BCUT2D eigenvalue weighted by atomic mass is 9.61. The second kappa shape index (κ2) is 5.03. The van der Waals surface area contributed by atoms with Crippen molar-refractivity contribution in [3.05, 3.63) is 0 Å². The lowest BCUT2D eigenvalue weighted by Gasteiger charge is -2.46. The van der Waals surface area contributed by atoms with Gasteiger partial charge in [-0.25, -0.2) is 0 Å². The normalized spacial score (nSPS) is 27.5. The first-order valence-electron chi connectivity index (χ1n) is 5.78. The maximum atomic E-state index is 12.4. The number of hydrogen-bond acceptors (Lipinski definition) is 2. The second-order valence-corrected chi connectivity index (χ2v) is 5.33. The fraction of sp³-hybridized carbons (Fsp3) is 0.818. The Bertz CT molecular complexity index is 351. The third-order valence-electron chi connectivity index (χ3n) is 3.31. The first-order chi connectivity index (χ1) is 8.12. The molecule has 2 N–H and O–H groups in total. The van der Waals surface area contributed by atoms with Crippen LogP contribution in [0.1, 0.15) is 26.7 Å². The average molecular weight is 282 g/mol. The molecule has 1 aliphatic carbocycles. The lowest BCUT2D eigenvalue weighted by Crippen LogP contribution is -2.58. The van der Waals surface area contributed by atoms with Gasteiger partial charge in [-0.15, -0.1) is 0 Å². The quantitative estimate of drug-likeness (QED) is 0.803. The van der Waals surface area contributed by atoms with E-state index >= 15 is 0 Å². The van der Waals surface area contributed by atoms with Crippen molar-refractivity contribution in [3.63, 3.8) is 0 Å². The molecule has 0 atom stereocenters. The van der Waals surface area contributed by atoms with Crippen LogP contribution in [0.4, 0.5) is 13.2 Å². The molecule has 0 bridgehead atoms. The lowest BCUT2D eigenvalue weighted by molar-refractivity contribution is -0.168. The van der Waals surface area contributed by atoms with E-state index in [9.17, 15) is 18.0 Å². The van der Waals surface area contributed by atoms with Crippen molar-refractivity contribution in [1.29, 1.82) is 0 Å². The van der Waals surface area contributed by atoms with Crippen molar-refractivity contribution in [2.24, 2.45) is 17.1 Å². The van der Waals surface area contributed by atoms with Gasteiger partial charge in [0.15, 0.2) is 0 Å². The Hall–Kier alpha value is -0.850. The molecule has 1 fully saturated rings. The van der Waals surface area contributed by atoms with E-state index in [4.69, 9.17) is 18.0 Å². The first kappa shape index (κ1) is 15.2. The summed E-state index contributed by atoms with van der Waals surface area (Å²) < 4.78 is 37.1. The van der Waals surface area contributed by atoms with Gasteiger partial charge < -0.3 is 10.6 Å². The number of carbonyl (C=O) groups excluding carboxylic acids is 1. The monoisotopic (exact) mass is 282 g/mol. The molecular formula is C11H17F3N2OS. The van der Waals surface area contributed by atoms with E-state index in [0.717, 1.165) is 4.90 Å². The molecule has 1 rings (SSSR count). The van der Waals surface area contributed by atoms with E-state index in [1.54, 1.807) is 0 Å². The Kier molecular flexibility index (Phi) is 4.25. The largest absolute Gasteiger partial charge is 0.406 e. The number of nitrogens with zero attached hydrogens (tertiary/aromatic N) is 1. The number of rotatable bonds is 4. The summed E-state index contributed by atoms with van der Waals surface area (Å²) in [6.07, 6.45) is -3.52. The summed E-state index contributed by atoms with van der Waals surface area (Å²) in [4.78, 5) is 13.0. The van der Waals surface area contributed by atoms with Crippen molar-refractivity contribution in [3.8, 4) is 0 Å². The number of carbonyl (C=O) groups is 1. The van der Waals surface area contributed by atoms with Crippen LogP contribution < -0.4 is 5.73 Å². The molecule has 0 heterocycles. The van der Waals surface area contributed by atoms with Gasteiger partial charge in [0.05, 0.1) is 10.4 Å². The number of halogens is 3. The third kappa shape index (κ3) is 2.93. The minimum atomic E-state index is -4.40. The van der Waals surface area contributed by atoms with E-state index in [0.29, 0.717) is 12.8 Å². The Labute approximate surface area is 109 Å². The maximum Gasteiger partial charge on any atom is 0.406 e. The predicted molar refractivity (Wildman–Crippen MR) is 65.9 cm³/mol. The van der Waals surface area contributed by atoms with E-state index in [-0.39, 0.29) is 17.5 Å². The highest BCUT2D eigenvalue weighted by Gasteiger charge is 2.53. The van der Waals surface area contributed by atoms with Crippen LogP contribution in [0.5, 0.6) is 0 Å². The van der Waals surface area contributed by atoms with E-state index < -0.39 is 24.0 Å². The van der Waals surface area contributed by atoms with Gasteiger partial charge in [0, 0.05) is 6.54 Å². The molecule has 1 saturated carbocycles. The Morgan fingerprint density at radius 3 is 2.28 bits per heavy atom. The number of alkyl halides is 3. The van der Waals surface area contributed by atoms with E-state index in [2.05, 4.69) is 0 Å². The zero-order valence-corrected chi connectivity index (χ0v) is 11.2. The third-order valence-corrected chi connectivity index (χ3v) is 3.70. The number of nitrogens with two attached hydrogens (primary N) is 1. The number of amides is 1. The van der Waals surface area contributed by atoms with Gasteiger partial charge in [0.1, 0.15) is 6.54 Å². The Morgan fingerprint density at radius 1 is 1.50 bits per heavy atom. The fourth-order valence-corrected chi connectivity index (χ4v) is 2.71. The van der Waals surface area contributed by atoms with Crippen molar-refractivity contribution < 1.29 is 18.0 Å². The summed E-state index contributed by atoms with van der Waals surface area (Å²) in [6, 6.07) is 0. The summed E-state index contributed by atoms with van der Waals surface area (Å²) in [5.41, 5.74) is 4.50.